The lowest BCUT2D eigenvalue weighted by molar-refractivity contribution is 0.391. The molecular weight excluding hydrogens is 248 g/mol. The van der Waals surface area contributed by atoms with Crippen LogP contribution in [0.1, 0.15) is 18.4 Å². The van der Waals surface area contributed by atoms with Gasteiger partial charge in [-0.1, -0.05) is 30.3 Å². The minimum absolute atomic E-state index is 0.379. The van der Waals surface area contributed by atoms with E-state index >= 15 is 0 Å². The Morgan fingerprint density at radius 1 is 1.05 bits per heavy atom. The quantitative estimate of drug-likeness (QED) is 0.761. The molecule has 0 spiro atoms. The molecule has 0 atom stereocenters. The van der Waals surface area contributed by atoms with Crippen LogP contribution >= 0.6 is 0 Å². The Hall–Kier alpha value is -1.58. The molecule has 20 heavy (non-hydrogen) atoms. The molecule has 3 heteroatoms. The highest BCUT2D eigenvalue weighted by Gasteiger charge is 2.05. The summed E-state index contributed by atoms with van der Waals surface area (Å²) < 4.78 is 0. The number of fused-ring (bicyclic) bond motifs is 1. The van der Waals surface area contributed by atoms with Crippen LogP contribution in [-0.4, -0.2) is 37.2 Å². The highest BCUT2D eigenvalue weighted by Crippen LogP contribution is 2.26. The van der Waals surface area contributed by atoms with Crippen molar-refractivity contribution < 1.29 is 5.11 Å². The van der Waals surface area contributed by atoms with Gasteiger partial charge < -0.3 is 15.3 Å². The maximum Gasteiger partial charge on any atom is 0.120 e. The normalized spacial score (nSPS) is 11.3. The van der Waals surface area contributed by atoms with Crippen LogP contribution in [0.4, 0.5) is 0 Å². The van der Waals surface area contributed by atoms with Crippen LogP contribution in [-0.2, 0) is 6.54 Å². The second kappa shape index (κ2) is 7.27. The molecule has 2 N–H and O–H groups in total. The van der Waals surface area contributed by atoms with Gasteiger partial charge >= 0.3 is 0 Å². The summed E-state index contributed by atoms with van der Waals surface area (Å²) in [5.41, 5.74) is 0.996. The van der Waals surface area contributed by atoms with Crippen LogP contribution in [0.5, 0.6) is 5.75 Å². The largest absolute Gasteiger partial charge is 0.508 e. The molecule has 2 aromatic rings. The van der Waals surface area contributed by atoms with Crippen LogP contribution in [0.2, 0.25) is 0 Å². The predicted molar refractivity (Wildman–Crippen MR) is 85.1 cm³/mol. The molecule has 0 fully saturated rings. The summed E-state index contributed by atoms with van der Waals surface area (Å²) in [6.45, 7) is 2.83. The molecule has 0 amide bonds. The second-order valence-corrected chi connectivity index (χ2v) is 5.47. The van der Waals surface area contributed by atoms with Gasteiger partial charge in [-0.3, -0.25) is 0 Å². The van der Waals surface area contributed by atoms with E-state index in [2.05, 4.69) is 36.4 Å². The summed E-state index contributed by atoms with van der Waals surface area (Å²) in [5, 5.41) is 15.8. The minimum atomic E-state index is 0.379. The summed E-state index contributed by atoms with van der Waals surface area (Å²) in [7, 11) is 4.20. The Kier molecular flexibility index (Phi) is 5.39. The van der Waals surface area contributed by atoms with Gasteiger partial charge in [0.25, 0.3) is 0 Å². The minimum Gasteiger partial charge on any atom is -0.508 e. The van der Waals surface area contributed by atoms with Crippen LogP contribution in [0, 0.1) is 0 Å². The average Bonchev–Trinajstić information content (AvgIpc) is 2.44. The standard InChI is InChI=1S/C17H24N2O/c1-19(2)12-6-5-11-18-13-16-15-8-4-3-7-14(15)9-10-17(16)20/h3-4,7-10,18,20H,5-6,11-13H2,1-2H3. The second-order valence-electron chi connectivity index (χ2n) is 5.47. The van der Waals surface area contributed by atoms with E-state index in [0.29, 0.717) is 5.75 Å². The fourth-order valence-corrected chi connectivity index (χ4v) is 2.40. The smallest absolute Gasteiger partial charge is 0.120 e. The van der Waals surface area contributed by atoms with E-state index in [9.17, 15) is 5.11 Å². The molecule has 0 aromatic heterocycles. The van der Waals surface area contributed by atoms with Crippen molar-refractivity contribution in [1.29, 1.82) is 0 Å². The SMILES string of the molecule is CN(C)CCCCNCc1c(O)ccc2ccccc12. The maximum atomic E-state index is 10.0. The lowest BCUT2D eigenvalue weighted by atomic mass is 10.0. The van der Waals surface area contributed by atoms with Crippen LogP contribution in [0.25, 0.3) is 10.8 Å². The van der Waals surface area contributed by atoms with Gasteiger partial charge in [0.2, 0.25) is 0 Å². The molecule has 0 unspecified atom stereocenters. The van der Waals surface area contributed by atoms with E-state index in [1.807, 2.05) is 18.2 Å². The molecule has 0 bridgehead atoms. The Morgan fingerprint density at radius 2 is 1.85 bits per heavy atom. The number of unbranched alkanes of at least 4 members (excludes halogenated alkanes) is 1. The van der Waals surface area contributed by atoms with Crippen molar-refractivity contribution in [3.63, 3.8) is 0 Å². The van der Waals surface area contributed by atoms with Crippen LogP contribution in [0.15, 0.2) is 36.4 Å². The van der Waals surface area contributed by atoms with Crippen molar-refractivity contribution in [2.45, 2.75) is 19.4 Å². The van der Waals surface area contributed by atoms with Crippen LogP contribution < -0.4 is 5.32 Å². The van der Waals surface area contributed by atoms with Gasteiger partial charge in [0, 0.05) is 12.1 Å². The van der Waals surface area contributed by atoms with E-state index in [1.165, 1.54) is 11.8 Å². The molecule has 0 aliphatic heterocycles. The van der Waals surface area contributed by atoms with Gasteiger partial charge in [-0.05, 0) is 56.9 Å². The lowest BCUT2D eigenvalue weighted by Gasteiger charge is -2.11. The Bertz CT molecular complexity index is 552. The molecular formula is C17H24N2O. The van der Waals surface area contributed by atoms with Gasteiger partial charge in [-0.2, -0.15) is 0 Å². The zero-order valence-electron chi connectivity index (χ0n) is 12.4. The van der Waals surface area contributed by atoms with Crippen molar-refractivity contribution in [2.75, 3.05) is 27.2 Å². The molecule has 0 aliphatic carbocycles. The van der Waals surface area contributed by atoms with Crippen molar-refractivity contribution in [1.82, 2.24) is 10.2 Å². The molecule has 0 aliphatic rings. The summed E-state index contributed by atoms with van der Waals surface area (Å²) in [6.07, 6.45) is 2.35. The average molecular weight is 272 g/mol. The van der Waals surface area contributed by atoms with E-state index in [0.717, 1.165) is 37.0 Å². The third-order valence-electron chi connectivity index (χ3n) is 3.53. The lowest BCUT2D eigenvalue weighted by Crippen LogP contribution is -2.18. The fraction of sp³-hybridized carbons (Fsp3) is 0.412. The Balaban J connectivity index is 1.91. The number of hydrogen-bond donors (Lipinski definition) is 2. The highest BCUT2D eigenvalue weighted by molar-refractivity contribution is 5.87. The summed E-state index contributed by atoms with van der Waals surface area (Å²) in [6, 6.07) is 11.9. The zero-order chi connectivity index (χ0) is 14.4. The number of phenolic OH excluding ortho intramolecular Hbond substituents is 1. The van der Waals surface area contributed by atoms with Gasteiger partial charge in [-0.25, -0.2) is 0 Å². The molecule has 2 aromatic carbocycles. The number of nitrogens with one attached hydrogen (secondary N) is 1. The van der Waals surface area contributed by atoms with Crippen molar-refractivity contribution in [2.24, 2.45) is 0 Å². The number of nitrogens with zero attached hydrogens (tertiary/aromatic N) is 1. The van der Waals surface area contributed by atoms with E-state index < -0.39 is 0 Å². The summed E-state index contributed by atoms with van der Waals surface area (Å²) in [4.78, 5) is 2.20. The Labute approximate surface area is 121 Å². The fourth-order valence-electron chi connectivity index (χ4n) is 2.40. The molecule has 3 nitrogen and oxygen atoms in total. The van der Waals surface area contributed by atoms with E-state index in [1.54, 1.807) is 6.07 Å². The van der Waals surface area contributed by atoms with E-state index in [-0.39, 0.29) is 0 Å². The number of rotatable bonds is 7. The van der Waals surface area contributed by atoms with Crippen molar-refractivity contribution >= 4 is 10.8 Å². The third-order valence-corrected chi connectivity index (χ3v) is 3.53. The molecule has 0 saturated heterocycles. The number of aromatic hydroxyl groups is 1. The molecule has 0 saturated carbocycles. The van der Waals surface area contributed by atoms with Crippen molar-refractivity contribution in [3.05, 3.63) is 42.0 Å². The molecule has 108 valence electrons. The van der Waals surface area contributed by atoms with Gasteiger partial charge in [0.15, 0.2) is 0 Å². The first-order valence-corrected chi connectivity index (χ1v) is 7.23. The highest BCUT2D eigenvalue weighted by atomic mass is 16.3. The number of phenols is 1. The monoisotopic (exact) mass is 272 g/mol. The van der Waals surface area contributed by atoms with E-state index in [4.69, 9.17) is 0 Å². The van der Waals surface area contributed by atoms with Crippen molar-refractivity contribution in [3.8, 4) is 5.75 Å². The summed E-state index contributed by atoms with van der Waals surface area (Å²) in [5.74, 6) is 0.379. The van der Waals surface area contributed by atoms with Gasteiger partial charge in [0.05, 0.1) is 0 Å². The summed E-state index contributed by atoms with van der Waals surface area (Å²) >= 11 is 0. The molecule has 2 rings (SSSR count). The third kappa shape index (κ3) is 3.95. The van der Waals surface area contributed by atoms with Gasteiger partial charge in [-0.15, -0.1) is 0 Å². The molecule has 0 heterocycles. The van der Waals surface area contributed by atoms with Crippen LogP contribution in [0.3, 0.4) is 0 Å². The predicted octanol–water partition coefficient (Wildman–Crippen LogP) is 2.98. The maximum absolute atomic E-state index is 10.0. The van der Waals surface area contributed by atoms with Gasteiger partial charge in [0.1, 0.15) is 5.75 Å². The first-order chi connectivity index (χ1) is 9.68. The first kappa shape index (κ1) is 14.8. The molecule has 0 radical (unpaired) electrons. The topological polar surface area (TPSA) is 35.5 Å². The number of benzene rings is 2. The first-order valence-electron chi connectivity index (χ1n) is 7.23. The Morgan fingerprint density at radius 3 is 2.65 bits per heavy atom. The zero-order valence-corrected chi connectivity index (χ0v) is 12.4. The number of hydrogen-bond acceptors (Lipinski definition) is 3.